The summed E-state index contributed by atoms with van der Waals surface area (Å²) in [6.45, 7) is 16.7. The number of rotatable bonds is 5. The van der Waals surface area contributed by atoms with Gasteiger partial charge in [-0.15, -0.1) is 0 Å². The quantitative estimate of drug-likeness (QED) is 0.184. The van der Waals surface area contributed by atoms with E-state index in [0.29, 0.717) is 53.2 Å². The van der Waals surface area contributed by atoms with Crippen LogP contribution in [0.5, 0.6) is 0 Å². The molecule has 0 aliphatic carbocycles. The van der Waals surface area contributed by atoms with Crippen molar-refractivity contribution in [3.8, 4) is 16.9 Å². The number of nitrogens with zero attached hydrogens (tertiary/aromatic N) is 6. The third-order valence-corrected chi connectivity index (χ3v) is 8.82. The molecule has 1 aromatic carbocycles. The van der Waals surface area contributed by atoms with Gasteiger partial charge in [0, 0.05) is 37.3 Å². The fourth-order valence-corrected chi connectivity index (χ4v) is 6.56. The van der Waals surface area contributed by atoms with Gasteiger partial charge in [0.05, 0.1) is 39.3 Å². The largest absolute Gasteiger partial charge is 0.464 e. The topological polar surface area (TPSA) is 107 Å². The van der Waals surface area contributed by atoms with Gasteiger partial charge in [-0.2, -0.15) is 4.98 Å². The summed E-state index contributed by atoms with van der Waals surface area (Å²) in [4.78, 5) is 45.3. The Bertz CT molecular complexity index is 2070. The number of pyridine rings is 2. The van der Waals surface area contributed by atoms with Gasteiger partial charge in [-0.3, -0.25) is 4.98 Å². The Morgan fingerprint density at radius 2 is 1.83 bits per heavy atom. The predicted octanol–water partition coefficient (Wildman–Crippen LogP) is 8.07. The summed E-state index contributed by atoms with van der Waals surface area (Å²) in [7, 11) is 0. The lowest BCUT2D eigenvalue weighted by Crippen LogP contribution is -2.55. The first-order valence-electron chi connectivity index (χ1n) is 16.2. The standard InChI is InChI=1S/C36H40ClFN6O4/c1-19(2)23-11-13-39-28(20(3)4)30(23)44-33-24(17-25(37)29(40-33)27-26(38)10-9-22-12-16-47-31(22)27)32(41-34(44)45)43-15-14-42(18-21(43)5)35(46)48-36(6,7)8/h9-13,16-17,19-21H,14-15,18H2,1-8H3/t21-/m0/s1. The molecule has 0 N–H and O–H groups in total. The average molecular weight is 675 g/mol. The van der Waals surface area contributed by atoms with E-state index in [0.717, 1.165) is 5.56 Å². The van der Waals surface area contributed by atoms with Crippen LogP contribution in [-0.2, 0) is 4.74 Å². The summed E-state index contributed by atoms with van der Waals surface area (Å²) in [5, 5.41) is 1.35. The van der Waals surface area contributed by atoms with Crippen molar-refractivity contribution in [1.82, 2.24) is 24.4 Å². The zero-order chi connectivity index (χ0) is 34.7. The number of hydrogen-bond donors (Lipinski definition) is 0. The summed E-state index contributed by atoms with van der Waals surface area (Å²) in [6.07, 6.45) is 2.83. The average Bonchev–Trinajstić information content (AvgIpc) is 3.48. The highest BCUT2D eigenvalue weighted by molar-refractivity contribution is 6.34. The molecule has 0 bridgehead atoms. The number of anilines is 1. The van der Waals surface area contributed by atoms with Crippen molar-refractivity contribution in [3.05, 3.63) is 75.4 Å². The van der Waals surface area contributed by atoms with Crippen molar-refractivity contribution in [2.75, 3.05) is 24.5 Å². The summed E-state index contributed by atoms with van der Waals surface area (Å²) in [5.74, 6) is -0.193. The Kier molecular flexibility index (Phi) is 8.70. The van der Waals surface area contributed by atoms with E-state index in [2.05, 4.69) is 4.98 Å². The molecule has 0 saturated carbocycles. The van der Waals surface area contributed by atoms with Crippen molar-refractivity contribution in [3.63, 3.8) is 0 Å². The van der Waals surface area contributed by atoms with Gasteiger partial charge < -0.3 is 19.0 Å². The van der Waals surface area contributed by atoms with Gasteiger partial charge in [-0.05, 0) is 75.4 Å². The first-order chi connectivity index (χ1) is 22.7. The van der Waals surface area contributed by atoms with Crippen LogP contribution in [-0.4, -0.2) is 61.8 Å². The van der Waals surface area contributed by atoms with Crippen molar-refractivity contribution < 1.29 is 18.3 Å². The van der Waals surface area contributed by atoms with Crippen LogP contribution in [0.15, 0.2) is 52.0 Å². The van der Waals surface area contributed by atoms with Gasteiger partial charge in [0.1, 0.15) is 22.8 Å². The monoisotopic (exact) mass is 674 g/mol. The van der Waals surface area contributed by atoms with Gasteiger partial charge in [-0.1, -0.05) is 39.3 Å². The summed E-state index contributed by atoms with van der Waals surface area (Å²) in [5.41, 5.74) is 1.79. The van der Waals surface area contributed by atoms with E-state index in [1.54, 1.807) is 29.3 Å². The molecule has 12 heteroatoms. The van der Waals surface area contributed by atoms with E-state index < -0.39 is 23.2 Å². The van der Waals surface area contributed by atoms with Crippen molar-refractivity contribution >= 4 is 45.5 Å². The lowest BCUT2D eigenvalue weighted by molar-refractivity contribution is 0.0218. The Hall–Kier alpha value is -4.51. The molecule has 1 saturated heterocycles. The summed E-state index contributed by atoms with van der Waals surface area (Å²) >= 11 is 6.97. The van der Waals surface area contributed by atoms with Crippen LogP contribution in [0.3, 0.4) is 0 Å². The first kappa shape index (κ1) is 33.4. The second kappa shape index (κ2) is 12.5. The molecule has 5 aromatic rings. The molecular formula is C36H40ClFN6O4. The highest BCUT2D eigenvalue weighted by atomic mass is 35.5. The van der Waals surface area contributed by atoms with Gasteiger partial charge in [0.15, 0.2) is 5.65 Å². The molecule has 4 aromatic heterocycles. The zero-order valence-corrected chi connectivity index (χ0v) is 29.2. The fourth-order valence-electron chi connectivity index (χ4n) is 6.31. The zero-order valence-electron chi connectivity index (χ0n) is 28.5. The number of carbonyl (C=O) groups is 1. The van der Waals surface area contributed by atoms with E-state index in [-0.39, 0.29) is 39.8 Å². The number of benzene rings is 1. The molecule has 1 atom stereocenters. The van der Waals surface area contributed by atoms with Crippen molar-refractivity contribution in [2.45, 2.75) is 78.9 Å². The number of carbonyl (C=O) groups excluding carboxylic acids is 1. The number of fused-ring (bicyclic) bond motifs is 2. The smallest absolute Gasteiger partial charge is 0.410 e. The number of amides is 1. The van der Waals surface area contributed by atoms with E-state index in [4.69, 9.17) is 30.7 Å². The maximum atomic E-state index is 15.6. The molecule has 252 valence electrons. The second-order valence-electron chi connectivity index (χ2n) is 13.9. The van der Waals surface area contributed by atoms with Crippen LogP contribution in [0.2, 0.25) is 5.02 Å². The molecule has 1 amide bonds. The Labute approximate surface area is 283 Å². The minimum Gasteiger partial charge on any atom is -0.464 e. The van der Waals surface area contributed by atoms with Gasteiger partial charge in [0.2, 0.25) is 0 Å². The minimum atomic E-state index is -0.630. The summed E-state index contributed by atoms with van der Waals surface area (Å²) < 4.78 is 28.4. The van der Waals surface area contributed by atoms with Crippen LogP contribution in [0, 0.1) is 5.82 Å². The Balaban J connectivity index is 1.61. The van der Waals surface area contributed by atoms with Crippen LogP contribution in [0.1, 0.15) is 78.5 Å². The third kappa shape index (κ3) is 6.00. The number of ether oxygens (including phenoxy) is 1. The molecule has 6 rings (SSSR count). The normalized spacial score (nSPS) is 15.7. The van der Waals surface area contributed by atoms with E-state index in [1.807, 2.05) is 66.4 Å². The van der Waals surface area contributed by atoms with Crippen LogP contribution in [0.4, 0.5) is 15.0 Å². The van der Waals surface area contributed by atoms with E-state index >= 15 is 4.39 Å². The SMILES string of the molecule is CC(C)c1ccnc(C(C)C)c1-n1c(=O)nc(N2CCN(C(=O)OC(C)(C)C)C[C@@H]2C)c2cc(Cl)c(-c3c(F)ccc4ccoc34)nc21. The lowest BCUT2D eigenvalue weighted by atomic mass is 9.97. The molecule has 5 heterocycles. The highest BCUT2D eigenvalue weighted by Crippen LogP contribution is 2.39. The second-order valence-corrected chi connectivity index (χ2v) is 14.3. The Morgan fingerprint density at radius 1 is 1.08 bits per heavy atom. The number of piperazine rings is 1. The van der Waals surface area contributed by atoms with Gasteiger partial charge in [-0.25, -0.2) is 23.5 Å². The molecular weight excluding hydrogens is 635 g/mol. The lowest BCUT2D eigenvalue weighted by Gasteiger charge is -2.41. The predicted molar refractivity (Wildman–Crippen MR) is 186 cm³/mol. The molecule has 1 aliphatic rings. The molecule has 1 fully saturated rings. The molecule has 48 heavy (non-hydrogen) atoms. The van der Waals surface area contributed by atoms with Crippen LogP contribution in [0.25, 0.3) is 38.9 Å². The highest BCUT2D eigenvalue weighted by Gasteiger charge is 2.33. The number of furan rings is 1. The maximum absolute atomic E-state index is 15.6. The van der Waals surface area contributed by atoms with Crippen LogP contribution >= 0.6 is 11.6 Å². The van der Waals surface area contributed by atoms with Gasteiger partial charge in [0.25, 0.3) is 0 Å². The van der Waals surface area contributed by atoms with Crippen LogP contribution < -0.4 is 10.6 Å². The van der Waals surface area contributed by atoms with Crippen molar-refractivity contribution in [2.24, 2.45) is 0 Å². The molecule has 0 radical (unpaired) electrons. The maximum Gasteiger partial charge on any atom is 0.410 e. The number of aromatic nitrogens is 4. The van der Waals surface area contributed by atoms with E-state index in [9.17, 15) is 9.59 Å². The Morgan fingerprint density at radius 3 is 2.50 bits per heavy atom. The molecule has 10 nitrogen and oxygen atoms in total. The number of halogens is 2. The third-order valence-electron chi connectivity index (χ3n) is 8.54. The molecule has 1 aliphatic heterocycles. The fraction of sp³-hybridized carbons (Fsp3) is 0.417. The number of hydrogen-bond acceptors (Lipinski definition) is 8. The first-order valence-corrected chi connectivity index (χ1v) is 16.6. The minimum absolute atomic E-state index is 0.0316. The molecule has 0 unspecified atom stereocenters. The summed E-state index contributed by atoms with van der Waals surface area (Å²) in [6, 6.07) is 8.06. The van der Waals surface area contributed by atoms with Gasteiger partial charge >= 0.3 is 11.8 Å². The van der Waals surface area contributed by atoms with E-state index in [1.165, 1.54) is 16.9 Å². The molecule has 0 spiro atoms. The van der Waals surface area contributed by atoms with Crippen molar-refractivity contribution in [1.29, 1.82) is 0 Å².